The first kappa shape index (κ1) is 13.9. The van der Waals surface area contributed by atoms with Crippen molar-refractivity contribution >= 4 is 26.7 Å². The molecule has 0 unspecified atom stereocenters. The number of nitrogens with zero attached hydrogens (tertiary/aromatic N) is 3. The van der Waals surface area contributed by atoms with E-state index in [2.05, 4.69) is 15.4 Å². The SMILES string of the molecule is Cc1cc(C)n(CCNc2nc3c(F)cc(F)cc3s2)n1. The van der Waals surface area contributed by atoms with Gasteiger partial charge in [-0.2, -0.15) is 5.10 Å². The summed E-state index contributed by atoms with van der Waals surface area (Å²) in [7, 11) is 0. The van der Waals surface area contributed by atoms with Gasteiger partial charge in [0.05, 0.1) is 16.9 Å². The first-order valence-electron chi connectivity index (χ1n) is 6.53. The zero-order chi connectivity index (χ0) is 15.0. The number of hydrogen-bond donors (Lipinski definition) is 1. The molecular formula is C14H14F2N4S. The molecule has 0 aliphatic carbocycles. The average molecular weight is 308 g/mol. The van der Waals surface area contributed by atoms with Crippen LogP contribution >= 0.6 is 11.3 Å². The smallest absolute Gasteiger partial charge is 0.183 e. The van der Waals surface area contributed by atoms with Crippen LogP contribution in [0, 0.1) is 25.5 Å². The summed E-state index contributed by atoms with van der Waals surface area (Å²) in [6, 6.07) is 4.15. The molecule has 110 valence electrons. The molecule has 1 N–H and O–H groups in total. The normalized spacial score (nSPS) is 11.2. The second kappa shape index (κ2) is 5.40. The monoisotopic (exact) mass is 308 g/mol. The molecule has 2 aromatic heterocycles. The number of hydrogen-bond acceptors (Lipinski definition) is 4. The lowest BCUT2D eigenvalue weighted by molar-refractivity contribution is 0.591. The highest BCUT2D eigenvalue weighted by Gasteiger charge is 2.10. The Morgan fingerprint density at radius 2 is 2.05 bits per heavy atom. The van der Waals surface area contributed by atoms with Gasteiger partial charge in [-0.3, -0.25) is 4.68 Å². The van der Waals surface area contributed by atoms with Crippen molar-refractivity contribution in [2.45, 2.75) is 20.4 Å². The van der Waals surface area contributed by atoms with Crippen LogP contribution in [-0.4, -0.2) is 21.3 Å². The molecule has 0 atom stereocenters. The highest BCUT2D eigenvalue weighted by atomic mass is 32.1. The minimum absolute atomic E-state index is 0.204. The van der Waals surface area contributed by atoms with Gasteiger partial charge < -0.3 is 5.32 Å². The molecule has 0 bridgehead atoms. The minimum Gasteiger partial charge on any atom is -0.360 e. The van der Waals surface area contributed by atoms with E-state index in [0.717, 1.165) is 17.5 Å². The van der Waals surface area contributed by atoms with Gasteiger partial charge in [0.2, 0.25) is 0 Å². The highest BCUT2D eigenvalue weighted by Crippen LogP contribution is 2.28. The van der Waals surface area contributed by atoms with Crippen molar-refractivity contribution in [3.05, 3.63) is 41.2 Å². The Hall–Kier alpha value is -2.02. The Balaban J connectivity index is 1.71. The Labute approximate surface area is 124 Å². The number of thiazole rings is 1. The lowest BCUT2D eigenvalue weighted by Gasteiger charge is -2.04. The number of anilines is 1. The van der Waals surface area contributed by atoms with E-state index < -0.39 is 11.6 Å². The number of benzene rings is 1. The van der Waals surface area contributed by atoms with Gasteiger partial charge in [-0.05, 0) is 26.0 Å². The lowest BCUT2D eigenvalue weighted by Crippen LogP contribution is -2.12. The van der Waals surface area contributed by atoms with Crippen LogP contribution in [-0.2, 0) is 6.54 Å². The maximum Gasteiger partial charge on any atom is 0.183 e. The fourth-order valence-corrected chi connectivity index (χ4v) is 3.13. The summed E-state index contributed by atoms with van der Waals surface area (Å²) in [6.07, 6.45) is 0. The van der Waals surface area contributed by atoms with E-state index in [0.29, 0.717) is 22.9 Å². The number of nitrogens with one attached hydrogen (secondary N) is 1. The Morgan fingerprint density at radius 3 is 2.76 bits per heavy atom. The van der Waals surface area contributed by atoms with Crippen LogP contribution in [0.25, 0.3) is 10.2 Å². The van der Waals surface area contributed by atoms with Crippen molar-refractivity contribution in [2.75, 3.05) is 11.9 Å². The van der Waals surface area contributed by atoms with Crippen molar-refractivity contribution in [1.82, 2.24) is 14.8 Å². The van der Waals surface area contributed by atoms with E-state index in [1.807, 2.05) is 24.6 Å². The Bertz CT molecular complexity index is 794. The predicted octanol–water partition coefficient (Wildman–Crippen LogP) is 3.50. The van der Waals surface area contributed by atoms with E-state index in [4.69, 9.17) is 0 Å². The summed E-state index contributed by atoms with van der Waals surface area (Å²) in [4.78, 5) is 4.15. The van der Waals surface area contributed by atoms with Gasteiger partial charge in [0.15, 0.2) is 10.9 Å². The Kier molecular flexibility index (Phi) is 3.59. The first-order chi connectivity index (χ1) is 10.0. The second-order valence-corrected chi connectivity index (χ2v) is 5.86. The van der Waals surface area contributed by atoms with E-state index in [1.54, 1.807) is 0 Å². The zero-order valence-corrected chi connectivity index (χ0v) is 12.5. The largest absolute Gasteiger partial charge is 0.360 e. The topological polar surface area (TPSA) is 42.7 Å². The number of aryl methyl sites for hydroxylation is 2. The molecule has 4 nitrogen and oxygen atoms in total. The van der Waals surface area contributed by atoms with Gasteiger partial charge in [-0.15, -0.1) is 0 Å². The molecule has 0 saturated carbocycles. The van der Waals surface area contributed by atoms with Crippen LogP contribution in [0.2, 0.25) is 0 Å². The van der Waals surface area contributed by atoms with Crippen LogP contribution in [0.15, 0.2) is 18.2 Å². The fraction of sp³-hybridized carbons (Fsp3) is 0.286. The summed E-state index contributed by atoms with van der Waals surface area (Å²) >= 11 is 1.24. The van der Waals surface area contributed by atoms with E-state index >= 15 is 0 Å². The van der Waals surface area contributed by atoms with E-state index in [1.165, 1.54) is 17.4 Å². The van der Waals surface area contributed by atoms with Crippen LogP contribution < -0.4 is 5.32 Å². The number of fused-ring (bicyclic) bond motifs is 1. The van der Waals surface area contributed by atoms with Crippen LogP contribution in [0.3, 0.4) is 0 Å². The van der Waals surface area contributed by atoms with Crippen molar-refractivity contribution in [3.8, 4) is 0 Å². The van der Waals surface area contributed by atoms with Gasteiger partial charge in [-0.1, -0.05) is 11.3 Å². The molecule has 0 radical (unpaired) electrons. The maximum atomic E-state index is 13.6. The minimum atomic E-state index is -0.632. The summed E-state index contributed by atoms with van der Waals surface area (Å²) in [5.74, 6) is -1.22. The van der Waals surface area contributed by atoms with Gasteiger partial charge in [0, 0.05) is 18.3 Å². The molecule has 0 saturated heterocycles. The molecule has 1 aromatic carbocycles. The molecule has 0 spiro atoms. The Morgan fingerprint density at radius 1 is 1.24 bits per heavy atom. The van der Waals surface area contributed by atoms with Crippen molar-refractivity contribution in [2.24, 2.45) is 0 Å². The highest BCUT2D eigenvalue weighted by molar-refractivity contribution is 7.22. The molecular weight excluding hydrogens is 294 g/mol. The van der Waals surface area contributed by atoms with E-state index in [9.17, 15) is 8.78 Å². The third kappa shape index (κ3) is 2.87. The zero-order valence-electron chi connectivity index (χ0n) is 11.7. The molecule has 21 heavy (non-hydrogen) atoms. The summed E-state index contributed by atoms with van der Waals surface area (Å²) in [6.45, 7) is 5.25. The van der Waals surface area contributed by atoms with Crippen molar-refractivity contribution in [1.29, 1.82) is 0 Å². The molecule has 0 fully saturated rings. The number of halogens is 2. The third-order valence-corrected chi connectivity index (χ3v) is 4.08. The fourth-order valence-electron chi connectivity index (χ4n) is 2.20. The van der Waals surface area contributed by atoms with Crippen LogP contribution in [0.1, 0.15) is 11.4 Å². The lowest BCUT2D eigenvalue weighted by atomic mass is 10.3. The van der Waals surface area contributed by atoms with Crippen molar-refractivity contribution < 1.29 is 8.78 Å². The summed E-state index contributed by atoms with van der Waals surface area (Å²) in [5.41, 5.74) is 2.27. The third-order valence-electron chi connectivity index (χ3n) is 3.12. The quantitative estimate of drug-likeness (QED) is 0.802. The van der Waals surface area contributed by atoms with Crippen molar-refractivity contribution in [3.63, 3.8) is 0 Å². The number of rotatable bonds is 4. The molecule has 0 amide bonds. The molecule has 7 heteroatoms. The van der Waals surface area contributed by atoms with Gasteiger partial charge >= 0.3 is 0 Å². The second-order valence-electron chi connectivity index (χ2n) is 4.83. The standard InChI is InChI=1S/C14H14F2N4S/c1-8-5-9(2)20(19-8)4-3-17-14-18-13-11(16)6-10(15)7-12(13)21-14/h5-7H,3-4H2,1-2H3,(H,17,18). The van der Waals surface area contributed by atoms with Gasteiger partial charge in [0.1, 0.15) is 11.3 Å². The molecule has 2 heterocycles. The first-order valence-corrected chi connectivity index (χ1v) is 7.35. The van der Waals surface area contributed by atoms with Gasteiger partial charge in [-0.25, -0.2) is 13.8 Å². The van der Waals surface area contributed by atoms with Gasteiger partial charge in [0.25, 0.3) is 0 Å². The van der Waals surface area contributed by atoms with Crippen LogP contribution in [0.5, 0.6) is 0 Å². The molecule has 0 aliphatic heterocycles. The molecule has 3 aromatic rings. The summed E-state index contributed by atoms with van der Waals surface area (Å²) < 4.78 is 29.1. The maximum absolute atomic E-state index is 13.6. The molecule has 0 aliphatic rings. The predicted molar refractivity (Wildman–Crippen MR) is 79.7 cm³/mol. The van der Waals surface area contributed by atoms with Crippen LogP contribution in [0.4, 0.5) is 13.9 Å². The molecule has 3 rings (SSSR count). The number of aromatic nitrogens is 3. The summed E-state index contributed by atoms with van der Waals surface area (Å²) in [5, 5.41) is 8.06. The van der Waals surface area contributed by atoms with E-state index in [-0.39, 0.29) is 5.52 Å². The average Bonchev–Trinajstić information content (AvgIpc) is 2.93.